The topological polar surface area (TPSA) is 107 Å². The van der Waals surface area contributed by atoms with Crippen molar-refractivity contribution in [2.45, 2.75) is 19.9 Å². The molecule has 0 unspecified atom stereocenters. The zero-order valence-corrected chi connectivity index (χ0v) is 15.5. The second-order valence-electron chi connectivity index (χ2n) is 6.34. The van der Waals surface area contributed by atoms with Gasteiger partial charge in [0.25, 0.3) is 11.7 Å². The largest absolute Gasteiger partial charge is 0.368 e. The van der Waals surface area contributed by atoms with E-state index in [9.17, 15) is 14.4 Å². The molecule has 0 saturated heterocycles. The fraction of sp³-hybridized carbons (Fsp3) is 0.143. The van der Waals surface area contributed by atoms with E-state index in [1.807, 2.05) is 30.3 Å². The Labute approximate surface area is 162 Å². The minimum Gasteiger partial charge on any atom is -0.368 e. The van der Waals surface area contributed by atoms with Gasteiger partial charge in [-0.1, -0.05) is 48.5 Å². The molecule has 0 spiro atoms. The molecule has 1 heterocycles. The Balaban J connectivity index is 1.89. The normalized spacial score (nSPS) is 11.6. The molecule has 3 aromatic rings. The molecule has 0 aliphatic heterocycles. The molecule has 0 aliphatic rings. The number of carbonyl (C=O) groups excluding carboxylic acids is 3. The first-order valence-corrected chi connectivity index (χ1v) is 8.71. The van der Waals surface area contributed by atoms with E-state index >= 15 is 0 Å². The van der Waals surface area contributed by atoms with Crippen LogP contribution in [0.25, 0.3) is 5.69 Å². The number of aromatic nitrogens is 2. The van der Waals surface area contributed by atoms with Gasteiger partial charge in [-0.05, 0) is 31.5 Å². The Kier molecular flexibility index (Phi) is 5.35. The average molecular weight is 376 g/mol. The van der Waals surface area contributed by atoms with Gasteiger partial charge in [0.05, 0.1) is 22.6 Å². The molecular formula is C21H20N4O3. The number of ketones is 1. The van der Waals surface area contributed by atoms with Crippen molar-refractivity contribution < 1.29 is 14.4 Å². The number of amides is 2. The zero-order chi connectivity index (χ0) is 20.3. The lowest BCUT2D eigenvalue weighted by molar-refractivity contribution is -0.125. The van der Waals surface area contributed by atoms with Crippen LogP contribution in [0.4, 0.5) is 0 Å². The molecule has 0 bridgehead atoms. The predicted molar refractivity (Wildman–Crippen MR) is 104 cm³/mol. The van der Waals surface area contributed by atoms with Crippen molar-refractivity contribution in [1.82, 2.24) is 15.1 Å². The molecule has 3 N–H and O–H groups in total. The van der Waals surface area contributed by atoms with E-state index in [2.05, 4.69) is 10.4 Å². The molecule has 28 heavy (non-hydrogen) atoms. The van der Waals surface area contributed by atoms with Crippen LogP contribution in [-0.4, -0.2) is 27.4 Å². The maximum atomic E-state index is 12.8. The van der Waals surface area contributed by atoms with Crippen molar-refractivity contribution in [1.29, 1.82) is 0 Å². The molecule has 7 heteroatoms. The minimum atomic E-state index is -1.09. The molecule has 0 saturated carbocycles. The molecule has 0 radical (unpaired) electrons. The van der Waals surface area contributed by atoms with Gasteiger partial charge in [-0.25, -0.2) is 4.68 Å². The van der Waals surface area contributed by atoms with Crippen molar-refractivity contribution in [3.05, 3.63) is 83.2 Å². The number of benzene rings is 2. The smallest absolute Gasteiger partial charge is 0.293 e. The Morgan fingerprint density at radius 3 is 2.11 bits per heavy atom. The van der Waals surface area contributed by atoms with E-state index in [4.69, 9.17) is 5.73 Å². The second kappa shape index (κ2) is 7.87. The van der Waals surface area contributed by atoms with Gasteiger partial charge in [0, 0.05) is 0 Å². The molecule has 0 fully saturated rings. The summed E-state index contributed by atoms with van der Waals surface area (Å²) in [4.78, 5) is 37.2. The molecular weight excluding hydrogens is 356 g/mol. The molecule has 1 atom stereocenters. The van der Waals surface area contributed by atoms with Crippen molar-refractivity contribution in [2.24, 2.45) is 5.73 Å². The van der Waals surface area contributed by atoms with Crippen molar-refractivity contribution in [2.75, 3.05) is 0 Å². The third-order valence-corrected chi connectivity index (χ3v) is 4.42. The van der Waals surface area contributed by atoms with Crippen molar-refractivity contribution in [3.63, 3.8) is 0 Å². The number of hydrogen-bond acceptors (Lipinski definition) is 4. The Hall–Kier alpha value is -3.74. The fourth-order valence-corrected chi connectivity index (χ4v) is 3.07. The number of Topliss-reactive ketones (excluding diaryl/α,β-unsaturated/α-hetero) is 1. The van der Waals surface area contributed by atoms with Gasteiger partial charge in [0.2, 0.25) is 5.91 Å². The Morgan fingerprint density at radius 1 is 0.964 bits per heavy atom. The van der Waals surface area contributed by atoms with E-state index in [1.165, 1.54) is 0 Å². The van der Waals surface area contributed by atoms with Gasteiger partial charge >= 0.3 is 0 Å². The number of hydrogen-bond donors (Lipinski definition) is 2. The van der Waals surface area contributed by atoms with Crippen LogP contribution in [0.1, 0.15) is 33.4 Å². The van der Waals surface area contributed by atoms with Crippen LogP contribution in [0.2, 0.25) is 0 Å². The maximum absolute atomic E-state index is 12.8. The first kappa shape index (κ1) is 19.0. The summed E-state index contributed by atoms with van der Waals surface area (Å²) in [6, 6.07) is 16.7. The summed E-state index contributed by atoms with van der Waals surface area (Å²) < 4.78 is 1.61. The van der Waals surface area contributed by atoms with Gasteiger partial charge in [0.15, 0.2) is 0 Å². The van der Waals surface area contributed by atoms with Crippen LogP contribution in [-0.2, 0) is 9.59 Å². The van der Waals surface area contributed by atoms with Crippen molar-refractivity contribution >= 4 is 17.6 Å². The number of para-hydroxylation sites is 1. The number of carbonyl (C=O) groups is 3. The quantitative estimate of drug-likeness (QED) is 0.507. The summed E-state index contributed by atoms with van der Waals surface area (Å²) in [6.07, 6.45) is 0. The van der Waals surface area contributed by atoms with Gasteiger partial charge in [-0.15, -0.1) is 0 Å². The summed E-state index contributed by atoms with van der Waals surface area (Å²) in [6.45, 7) is 3.38. The molecule has 7 nitrogen and oxygen atoms in total. The lowest BCUT2D eigenvalue weighted by Crippen LogP contribution is -2.41. The average Bonchev–Trinajstić information content (AvgIpc) is 3.00. The first-order chi connectivity index (χ1) is 13.4. The Bertz CT molecular complexity index is 1030. The Morgan fingerprint density at radius 2 is 1.54 bits per heavy atom. The van der Waals surface area contributed by atoms with Gasteiger partial charge in [-0.2, -0.15) is 5.10 Å². The van der Waals surface area contributed by atoms with Crippen LogP contribution in [0.15, 0.2) is 60.7 Å². The number of nitrogens with two attached hydrogens (primary N) is 1. The van der Waals surface area contributed by atoms with Crippen LogP contribution in [0.5, 0.6) is 0 Å². The molecule has 2 aromatic carbocycles. The third kappa shape index (κ3) is 3.68. The molecule has 0 aliphatic carbocycles. The first-order valence-electron chi connectivity index (χ1n) is 8.71. The third-order valence-electron chi connectivity index (χ3n) is 4.42. The predicted octanol–water partition coefficient (Wildman–Crippen LogP) is 2.01. The van der Waals surface area contributed by atoms with Crippen LogP contribution >= 0.6 is 0 Å². The standard InChI is InChI=1S/C21H20N4O3/c1-13-17(14(2)25(24-13)16-11-7-4-8-12-16)19(26)21(28)23-18(20(22)27)15-9-5-3-6-10-15/h3-12,18H,1-2H3,(H2,22,27)(H,23,28)/t18-/m1/s1. The highest BCUT2D eigenvalue weighted by Gasteiger charge is 2.28. The summed E-state index contributed by atoms with van der Waals surface area (Å²) in [5, 5.41) is 6.81. The lowest BCUT2D eigenvalue weighted by Gasteiger charge is -2.15. The van der Waals surface area contributed by atoms with Gasteiger partial charge in [-0.3, -0.25) is 14.4 Å². The molecule has 3 rings (SSSR count). The van der Waals surface area contributed by atoms with Crippen LogP contribution in [0, 0.1) is 13.8 Å². The fourth-order valence-electron chi connectivity index (χ4n) is 3.07. The van der Waals surface area contributed by atoms with Gasteiger partial charge in [0.1, 0.15) is 6.04 Å². The highest BCUT2D eigenvalue weighted by molar-refractivity contribution is 6.43. The highest BCUT2D eigenvalue weighted by atomic mass is 16.2. The number of rotatable bonds is 6. The van der Waals surface area contributed by atoms with E-state index in [0.717, 1.165) is 5.69 Å². The van der Waals surface area contributed by atoms with Crippen molar-refractivity contribution in [3.8, 4) is 5.69 Å². The van der Waals surface area contributed by atoms with E-state index < -0.39 is 23.6 Å². The highest BCUT2D eigenvalue weighted by Crippen LogP contribution is 2.19. The van der Waals surface area contributed by atoms with Crippen LogP contribution < -0.4 is 11.1 Å². The molecule has 1 aromatic heterocycles. The van der Waals surface area contributed by atoms with E-state index in [0.29, 0.717) is 17.0 Å². The number of nitrogens with zero attached hydrogens (tertiary/aromatic N) is 2. The minimum absolute atomic E-state index is 0.206. The lowest BCUT2D eigenvalue weighted by atomic mass is 10.0. The van der Waals surface area contributed by atoms with Crippen LogP contribution in [0.3, 0.4) is 0 Å². The number of nitrogens with one attached hydrogen (secondary N) is 1. The SMILES string of the molecule is Cc1nn(-c2ccccc2)c(C)c1C(=O)C(=O)N[C@@H](C(N)=O)c1ccccc1. The summed E-state index contributed by atoms with van der Waals surface area (Å²) >= 11 is 0. The summed E-state index contributed by atoms with van der Waals surface area (Å²) in [5.74, 6) is -2.42. The zero-order valence-electron chi connectivity index (χ0n) is 15.5. The maximum Gasteiger partial charge on any atom is 0.293 e. The second-order valence-corrected chi connectivity index (χ2v) is 6.34. The number of aryl methyl sites for hydroxylation is 1. The number of primary amides is 1. The molecule has 2 amide bonds. The van der Waals surface area contributed by atoms with E-state index in [1.54, 1.807) is 48.9 Å². The van der Waals surface area contributed by atoms with Gasteiger partial charge < -0.3 is 11.1 Å². The summed E-state index contributed by atoms with van der Waals surface area (Å²) in [5.41, 5.74) is 7.87. The molecule has 142 valence electrons. The monoisotopic (exact) mass is 376 g/mol. The van der Waals surface area contributed by atoms with E-state index in [-0.39, 0.29) is 5.56 Å². The summed E-state index contributed by atoms with van der Waals surface area (Å²) in [7, 11) is 0.